The number of carbonyl (C=O) groups excluding carboxylic acids is 1. The Hall–Kier alpha value is -2.10. The Bertz CT molecular complexity index is 708. The molecule has 0 saturated heterocycles. The molecule has 20 heavy (non-hydrogen) atoms. The van der Waals surface area contributed by atoms with E-state index in [1.165, 1.54) is 6.07 Å². The molecular weight excluding hydrogens is 254 g/mol. The van der Waals surface area contributed by atoms with E-state index in [1.54, 1.807) is 0 Å². The third-order valence-corrected chi connectivity index (χ3v) is 3.11. The molecule has 0 spiro atoms. The maximum absolute atomic E-state index is 11.9. The van der Waals surface area contributed by atoms with Gasteiger partial charge in [-0.3, -0.25) is 4.79 Å². The van der Waals surface area contributed by atoms with Gasteiger partial charge in [0.1, 0.15) is 5.58 Å². The van der Waals surface area contributed by atoms with Gasteiger partial charge in [0, 0.05) is 23.4 Å². The fraction of sp³-hybridized carbons (Fsp3) is 0.375. The molecule has 106 valence electrons. The van der Waals surface area contributed by atoms with Crippen molar-refractivity contribution >= 4 is 16.9 Å². The van der Waals surface area contributed by atoms with Crippen molar-refractivity contribution < 1.29 is 9.21 Å². The van der Waals surface area contributed by atoms with Gasteiger partial charge in [0.15, 0.2) is 0 Å². The third kappa shape index (κ3) is 3.07. The number of carbonyl (C=O) groups is 1. The van der Waals surface area contributed by atoms with Crippen LogP contribution in [0.25, 0.3) is 11.0 Å². The smallest absolute Gasteiger partial charge is 0.336 e. The van der Waals surface area contributed by atoms with Gasteiger partial charge in [0.25, 0.3) is 0 Å². The zero-order valence-electron chi connectivity index (χ0n) is 12.2. The molecule has 0 aliphatic carbocycles. The van der Waals surface area contributed by atoms with Crippen molar-refractivity contribution in [1.82, 2.24) is 5.32 Å². The zero-order valence-corrected chi connectivity index (χ0v) is 12.2. The largest absolute Gasteiger partial charge is 0.423 e. The Morgan fingerprint density at radius 1 is 1.25 bits per heavy atom. The van der Waals surface area contributed by atoms with Crippen LogP contribution >= 0.6 is 0 Å². The van der Waals surface area contributed by atoms with Crippen LogP contribution < -0.4 is 10.9 Å². The second kappa shape index (κ2) is 5.12. The normalized spacial score (nSPS) is 11.6. The van der Waals surface area contributed by atoms with E-state index in [-0.39, 0.29) is 5.91 Å². The number of benzene rings is 1. The van der Waals surface area contributed by atoms with E-state index in [0.717, 1.165) is 16.5 Å². The average Bonchev–Trinajstić information content (AvgIpc) is 2.33. The van der Waals surface area contributed by atoms with Gasteiger partial charge in [-0.15, -0.1) is 0 Å². The molecule has 0 aliphatic rings. The van der Waals surface area contributed by atoms with Gasteiger partial charge in [-0.25, -0.2) is 4.79 Å². The van der Waals surface area contributed by atoms with Gasteiger partial charge in [-0.1, -0.05) is 32.9 Å². The molecule has 2 aromatic rings. The molecule has 0 radical (unpaired) electrons. The van der Waals surface area contributed by atoms with Gasteiger partial charge in [0.2, 0.25) is 5.91 Å². The first-order valence-electron chi connectivity index (χ1n) is 6.59. The minimum atomic E-state index is -0.453. The minimum absolute atomic E-state index is 0.0500. The van der Waals surface area contributed by atoms with E-state index < -0.39 is 11.0 Å². The number of aryl methyl sites for hydroxylation is 1. The van der Waals surface area contributed by atoms with E-state index in [2.05, 4.69) is 5.32 Å². The summed E-state index contributed by atoms with van der Waals surface area (Å²) in [6.07, 6.45) is 0. The van der Waals surface area contributed by atoms with Gasteiger partial charge in [-0.05, 0) is 24.1 Å². The molecule has 4 heteroatoms. The van der Waals surface area contributed by atoms with Gasteiger partial charge >= 0.3 is 5.63 Å². The first-order chi connectivity index (χ1) is 9.27. The summed E-state index contributed by atoms with van der Waals surface area (Å²) in [5.74, 6) is -0.0500. The minimum Gasteiger partial charge on any atom is -0.423 e. The van der Waals surface area contributed by atoms with E-state index in [0.29, 0.717) is 12.1 Å². The fourth-order valence-electron chi connectivity index (χ4n) is 1.92. The summed E-state index contributed by atoms with van der Waals surface area (Å²) in [4.78, 5) is 23.5. The van der Waals surface area contributed by atoms with Crippen molar-refractivity contribution in [3.63, 3.8) is 0 Å². The highest BCUT2D eigenvalue weighted by atomic mass is 16.4. The number of nitrogens with one attached hydrogen (secondary N) is 1. The summed E-state index contributed by atoms with van der Waals surface area (Å²) in [5, 5.41) is 3.70. The van der Waals surface area contributed by atoms with Crippen LogP contribution in [0.15, 0.2) is 33.5 Å². The molecule has 1 aromatic carbocycles. The average molecular weight is 273 g/mol. The topological polar surface area (TPSA) is 59.3 Å². The number of hydrogen-bond acceptors (Lipinski definition) is 3. The number of fused-ring (bicyclic) bond motifs is 1. The summed E-state index contributed by atoms with van der Waals surface area (Å²) < 4.78 is 5.19. The molecule has 1 amide bonds. The van der Waals surface area contributed by atoms with Crippen molar-refractivity contribution in [2.24, 2.45) is 5.41 Å². The van der Waals surface area contributed by atoms with Gasteiger partial charge in [0.05, 0.1) is 0 Å². The maximum atomic E-state index is 11.9. The van der Waals surface area contributed by atoms with Crippen LogP contribution in [0.5, 0.6) is 0 Å². The lowest BCUT2D eigenvalue weighted by atomic mass is 9.95. The molecule has 0 aliphatic heterocycles. The maximum Gasteiger partial charge on any atom is 0.336 e. The zero-order chi connectivity index (χ0) is 14.9. The Labute approximate surface area is 117 Å². The van der Waals surface area contributed by atoms with Crippen LogP contribution in [0, 0.1) is 12.3 Å². The summed E-state index contributed by atoms with van der Waals surface area (Å²) in [6, 6.07) is 7.12. The summed E-state index contributed by atoms with van der Waals surface area (Å²) >= 11 is 0. The van der Waals surface area contributed by atoms with Crippen LogP contribution in [0.1, 0.15) is 31.9 Å². The van der Waals surface area contributed by atoms with E-state index in [1.807, 2.05) is 45.9 Å². The summed E-state index contributed by atoms with van der Waals surface area (Å²) in [5.41, 5.74) is 1.50. The van der Waals surface area contributed by atoms with Crippen molar-refractivity contribution in [3.05, 3.63) is 45.8 Å². The van der Waals surface area contributed by atoms with E-state index in [4.69, 9.17) is 4.42 Å². The lowest BCUT2D eigenvalue weighted by molar-refractivity contribution is -0.128. The summed E-state index contributed by atoms with van der Waals surface area (Å²) in [7, 11) is 0. The van der Waals surface area contributed by atoms with Crippen molar-refractivity contribution in [1.29, 1.82) is 0 Å². The van der Waals surface area contributed by atoms with Crippen molar-refractivity contribution in [2.45, 2.75) is 34.2 Å². The molecule has 1 aromatic heterocycles. The second-order valence-corrected chi connectivity index (χ2v) is 6.02. The lowest BCUT2D eigenvalue weighted by Crippen LogP contribution is -2.34. The highest BCUT2D eigenvalue weighted by Crippen LogP contribution is 2.19. The highest BCUT2D eigenvalue weighted by Gasteiger charge is 2.20. The molecule has 2 rings (SSSR count). The van der Waals surface area contributed by atoms with Crippen LogP contribution in [0.4, 0.5) is 0 Å². The van der Waals surface area contributed by atoms with Gasteiger partial charge < -0.3 is 9.73 Å². The molecule has 0 unspecified atom stereocenters. The molecule has 1 N–H and O–H groups in total. The quantitative estimate of drug-likeness (QED) is 0.856. The molecule has 0 atom stereocenters. The SMILES string of the molecule is Cc1ccc2c(CNC(=O)C(C)(C)C)cc(=O)oc2c1. The predicted octanol–water partition coefficient (Wildman–Crippen LogP) is 2.76. The standard InChI is InChI=1S/C16H19NO3/c1-10-5-6-12-11(8-14(18)20-13(12)7-10)9-17-15(19)16(2,3)4/h5-8H,9H2,1-4H3,(H,17,19). The molecule has 0 saturated carbocycles. The Balaban J connectivity index is 2.35. The van der Waals surface area contributed by atoms with Crippen molar-refractivity contribution in [2.75, 3.05) is 0 Å². The Morgan fingerprint density at radius 3 is 2.60 bits per heavy atom. The van der Waals surface area contributed by atoms with Gasteiger partial charge in [-0.2, -0.15) is 0 Å². The molecule has 4 nitrogen and oxygen atoms in total. The first kappa shape index (κ1) is 14.3. The van der Waals surface area contributed by atoms with E-state index in [9.17, 15) is 9.59 Å². The van der Waals surface area contributed by atoms with E-state index >= 15 is 0 Å². The highest BCUT2D eigenvalue weighted by molar-refractivity contribution is 5.83. The number of hydrogen-bond donors (Lipinski definition) is 1. The molecule has 0 bridgehead atoms. The Kier molecular flexibility index (Phi) is 3.66. The predicted molar refractivity (Wildman–Crippen MR) is 78.5 cm³/mol. The van der Waals surface area contributed by atoms with Crippen LogP contribution in [-0.4, -0.2) is 5.91 Å². The Morgan fingerprint density at radius 2 is 1.95 bits per heavy atom. The first-order valence-corrected chi connectivity index (χ1v) is 6.59. The second-order valence-electron chi connectivity index (χ2n) is 6.02. The number of rotatable bonds is 2. The third-order valence-electron chi connectivity index (χ3n) is 3.11. The van der Waals surface area contributed by atoms with Crippen LogP contribution in [0.2, 0.25) is 0 Å². The fourth-order valence-corrected chi connectivity index (χ4v) is 1.92. The lowest BCUT2D eigenvalue weighted by Gasteiger charge is -2.18. The van der Waals surface area contributed by atoms with Crippen molar-refractivity contribution in [3.8, 4) is 0 Å². The molecule has 1 heterocycles. The number of amides is 1. The molecule has 0 fully saturated rings. The van der Waals surface area contributed by atoms with Crippen LogP contribution in [-0.2, 0) is 11.3 Å². The monoisotopic (exact) mass is 273 g/mol. The molecular formula is C16H19NO3. The summed E-state index contributed by atoms with van der Waals surface area (Å²) in [6.45, 7) is 7.81. The van der Waals surface area contributed by atoms with Crippen LogP contribution in [0.3, 0.4) is 0 Å².